The number of nitrogens with one attached hydrogen (secondary N) is 2. The molecule has 4 aromatic carbocycles. The number of amides is 3. The second-order valence-corrected chi connectivity index (χ2v) is 14.5. The van der Waals surface area contributed by atoms with Gasteiger partial charge in [-0.05, 0) is 89.4 Å². The third-order valence-electron chi connectivity index (χ3n) is 10.4. The van der Waals surface area contributed by atoms with Gasteiger partial charge in [0.05, 0.1) is 5.56 Å². The zero-order valence-corrected chi connectivity index (χ0v) is 29.4. The van der Waals surface area contributed by atoms with Gasteiger partial charge in [0.2, 0.25) is 11.8 Å². The molecular formula is C42H39N3O6S. The number of fused-ring (bicyclic) bond motifs is 2. The quantitative estimate of drug-likeness (QED) is 0.0785. The first-order chi connectivity index (χ1) is 25.4. The van der Waals surface area contributed by atoms with Gasteiger partial charge >= 0.3 is 0 Å². The smallest absolute Gasteiger partial charge is 0.256 e. The van der Waals surface area contributed by atoms with E-state index in [9.17, 15) is 19.5 Å². The van der Waals surface area contributed by atoms with Crippen molar-refractivity contribution >= 4 is 29.1 Å². The van der Waals surface area contributed by atoms with Crippen LogP contribution in [-0.4, -0.2) is 40.5 Å². The van der Waals surface area contributed by atoms with Crippen LogP contribution < -0.4 is 20.1 Å². The maximum atomic E-state index is 13.0. The van der Waals surface area contributed by atoms with E-state index >= 15 is 0 Å². The molecule has 3 atom stereocenters. The van der Waals surface area contributed by atoms with Crippen LogP contribution in [0.3, 0.4) is 0 Å². The van der Waals surface area contributed by atoms with E-state index in [1.54, 1.807) is 11.0 Å². The van der Waals surface area contributed by atoms with Crippen molar-refractivity contribution < 1.29 is 29.0 Å². The van der Waals surface area contributed by atoms with Crippen LogP contribution in [0, 0.1) is 0 Å². The van der Waals surface area contributed by atoms with E-state index in [1.165, 1.54) is 33.6 Å². The van der Waals surface area contributed by atoms with Crippen molar-refractivity contribution in [1.29, 1.82) is 0 Å². The van der Waals surface area contributed by atoms with Gasteiger partial charge in [-0.25, -0.2) is 0 Å². The summed E-state index contributed by atoms with van der Waals surface area (Å²) in [4.78, 5) is 39.5. The minimum Gasteiger partial charge on any atom is -0.508 e. The molecule has 3 aliphatic rings. The monoisotopic (exact) mass is 713 g/mol. The van der Waals surface area contributed by atoms with Crippen LogP contribution in [0.4, 0.5) is 0 Å². The Kier molecular flexibility index (Phi) is 9.49. The maximum Gasteiger partial charge on any atom is 0.256 e. The lowest BCUT2D eigenvalue weighted by molar-refractivity contribution is -0.136. The van der Waals surface area contributed by atoms with Crippen LogP contribution in [0.1, 0.15) is 79.7 Å². The van der Waals surface area contributed by atoms with E-state index in [0.717, 1.165) is 40.3 Å². The van der Waals surface area contributed by atoms with Gasteiger partial charge < -0.3 is 19.5 Å². The Hall–Kier alpha value is -5.45. The molecule has 0 spiro atoms. The second-order valence-electron chi connectivity index (χ2n) is 13.6. The SMILES string of the molecule is O=C1CCC(N2Cc3c(csc3COc3ccc(CNCOc4ccc([C@@H]5c6ccc(O)cc6CC[C@@H]5c5ccccc5)cc4)cc3)C2=O)C(=O)N1. The highest BCUT2D eigenvalue weighted by Gasteiger charge is 2.40. The molecule has 1 aromatic heterocycles. The molecule has 3 heterocycles. The number of aryl methyl sites for hydroxylation is 1. The molecule has 52 heavy (non-hydrogen) atoms. The molecule has 0 bridgehead atoms. The molecule has 264 valence electrons. The number of phenols is 1. The summed E-state index contributed by atoms with van der Waals surface area (Å²) in [6.07, 6.45) is 2.54. The number of imide groups is 1. The fraction of sp³-hybridized carbons (Fsp3) is 0.262. The van der Waals surface area contributed by atoms with Crippen LogP contribution in [0.25, 0.3) is 0 Å². The fourth-order valence-corrected chi connectivity index (χ4v) is 8.70. The van der Waals surface area contributed by atoms with Gasteiger partial charge in [0.15, 0.2) is 0 Å². The molecule has 9 nitrogen and oxygen atoms in total. The number of ether oxygens (including phenoxy) is 2. The number of benzene rings is 4. The summed E-state index contributed by atoms with van der Waals surface area (Å²) in [6, 6.07) is 32.1. The van der Waals surface area contributed by atoms with E-state index in [4.69, 9.17) is 9.47 Å². The third-order valence-corrected chi connectivity index (χ3v) is 11.4. The minimum atomic E-state index is -0.626. The van der Waals surface area contributed by atoms with Crippen molar-refractivity contribution in [3.63, 3.8) is 0 Å². The molecular weight excluding hydrogens is 675 g/mol. The highest BCUT2D eigenvalue weighted by atomic mass is 32.1. The van der Waals surface area contributed by atoms with Crippen molar-refractivity contribution in [3.8, 4) is 17.2 Å². The summed E-state index contributed by atoms with van der Waals surface area (Å²) in [7, 11) is 0. The van der Waals surface area contributed by atoms with Crippen molar-refractivity contribution in [2.45, 2.75) is 63.3 Å². The Morgan fingerprint density at radius 3 is 2.40 bits per heavy atom. The predicted molar refractivity (Wildman–Crippen MR) is 197 cm³/mol. The topological polar surface area (TPSA) is 117 Å². The van der Waals surface area contributed by atoms with Crippen LogP contribution in [0.15, 0.2) is 102 Å². The maximum absolute atomic E-state index is 13.0. The highest BCUT2D eigenvalue weighted by molar-refractivity contribution is 7.10. The Morgan fingerprint density at radius 1 is 0.846 bits per heavy atom. The van der Waals surface area contributed by atoms with E-state index in [-0.39, 0.29) is 24.2 Å². The van der Waals surface area contributed by atoms with Crippen LogP contribution in [-0.2, 0) is 35.7 Å². The van der Waals surface area contributed by atoms with Crippen LogP contribution >= 0.6 is 11.3 Å². The summed E-state index contributed by atoms with van der Waals surface area (Å²) in [5, 5.41) is 17.7. The van der Waals surface area contributed by atoms with Gasteiger partial charge in [0.25, 0.3) is 5.91 Å². The molecule has 1 saturated heterocycles. The number of hydrogen-bond donors (Lipinski definition) is 3. The van der Waals surface area contributed by atoms with Crippen LogP contribution in [0.2, 0.25) is 0 Å². The normalized spacial score (nSPS) is 19.6. The highest BCUT2D eigenvalue weighted by Crippen LogP contribution is 2.47. The first-order valence-corrected chi connectivity index (χ1v) is 18.5. The fourth-order valence-electron chi connectivity index (χ4n) is 7.76. The molecule has 1 aliphatic carbocycles. The number of thiophene rings is 1. The number of carbonyl (C=O) groups excluding carboxylic acids is 3. The van der Waals surface area contributed by atoms with Gasteiger partial charge in [0.1, 0.15) is 36.6 Å². The lowest BCUT2D eigenvalue weighted by Gasteiger charge is -2.34. The number of hydrogen-bond acceptors (Lipinski definition) is 8. The summed E-state index contributed by atoms with van der Waals surface area (Å²) in [5.74, 6) is 1.50. The Bertz CT molecular complexity index is 2100. The lowest BCUT2D eigenvalue weighted by Crippen LogP contribution is -2.52. The average molecular weight is 714 g/mol. The van der Waals surface area contributed by atoms with Gasteiger partial charge in [-0.3, -0.25) is 25.0 Å². The molecule has 0 saturated carbocycles. The molecule has 3 N–H and O–H groups in total. The summed E-state index contributed by atoms with van der Waals surface area (Å²) in [6.45, 7) is 1.65. The standard InChI is InChI=1S/C42H39N3O6S/c46-30-11-17-34-29(20-30)10-16-33(27-4-2-1-3-5-27)40(34)28-8-14-32(15-9-28)51-25-43-21-26-6-12-31(13-7-26)50-23-38-35-22-45(42(49)36(35)24-52-38)37-18-19-39(47)44-41(37)48/h1-9,11-15,17,20,24,33,37,40,43,46H,10,16,18-19,21-23,25H2,(H,44,47,48)/t33-,37?,40+/m1/s1. The van der Waals surface area contributed by atoms with Gasteiger partial charge in [0, 0.05) is 41.2 Å². The van der Waals surface area contributed by atoms with Crippen molar-refractivity contribution in [2.24, 2.45) is 0 Å². The predicted octanol–water partition coefficient (Wildman–Crippen LogP) is 6.78. The van der Waals surface area contributed by atoms with Gasteiger partial charge in [-0.1, -0.05) is 60.7 Å². The zero-order valence-electron chi connectivity index (χ0n) is 28.5. The van der Waals surface area contributed by atoms with Crippen LogP contribution in [0.5, 0.6) is 17.2 Å². The Labute approximate surface area is 306 Å². The van der Waals surface area contributed by atoms with Crippen molar-refractivity contribution in [1.82, 2.24) is 15.5 Å². The number of nitrogens with zero attached hydrogens (tertiary/aromatic N) is 1. The second kappa shape index (κ2) is 14.7. The molecule has 10 heteroatoms. The van der Waals surface area contributed by atoms with Gasteiger partial charge in [-0.15, -0.1) is 11.3 Å². The van der Waals surface area contributed by atoms with E-state index in [1.807, 2.05) is 47.8 Å². The summed E-state index contributed by atoms with van der Waals surface area (Å²) >= 11 is 1.49. The number of aromatic hydroxyl groups is 1. The van der Waals surface area contributed by atoms with Crippen molar-refractivity contribution in [3.05, 3.63) is 146 Å². The van der Waals surface area contributed by atoms with E-state index < -0.39 is 11.9 Å². The number of carbonyl (C=O) groups is 3. The molecule has 0 radical (unpaired) electrons. The first kappa shape index (κ1) is 33.7. The third kappa shape index (κ3) is 6.91. The largest absolute Gasteiger partial charge is 0.508 e. The molecule has 5 aromatic rings. The number of phenolic OH excluding ortho intramolecular Hbond substituents is 1. The Morgan fingerprint density at radius 2 is 1.62 bits per heavy atom. The zero-order chi connectivity index (χ0) is 35.6. The number of piperidine rings is 1. The van der Waals surface area contributed by atoms with Crippen molar-refractivity contribution in [2.75, 3.05) is 6.73 Å². The Balaban J connectivity index is 0.827. The van der Waals surface area contributed by atoms with E-state index in [2.05, 4.69) is 59.2 Å². The molecule has 8 rings (SSSR count). The molecule has 1 fully saturated rings. The molecule has 2 aliphatic heterocycles. The number of rotatable bonds is 11. The molecule has 3 amide bonds. The lowest BCUT2D eigenvalue weighted by atomic mass is 9.69. The summed E-state index contributed by atoms with van der Waals surface area (Å²) < 4.78 is 12.1. The molecule has 1 unspecified atom stereocenters. The van der Waals surface area contributed by atoms with E-state index in [0.29, 0.717) is 50.1 Å². The van der Waals surface area contributed by atoms with Gasteiger partial charge in [-0.2, -0.15) is 0 Å². The first-order valence-electron chi connectivity index (χ1n) is 17.7. The summed E-state index contributed by atoms with van der Waals surface area (Å²) in [5.41, 5.74) is 7.64. The minimum absolute atomic E-state index is 0.171. The average Bonchev–Trinajstić information content (AvgIpc) is 3.72.